The van der Waals surface area contributed by atoms with Crippen molar-refractivity contribution in [3.8, 4) is 11.5 Å². The number of nitrogens with one attached hydrogen (secondary N) is 2. The first-order valence-electron chi connectivity index (χ1n) is 12.6. The summed E-state index contributed by atoms with van der Waals surface area (Å²) >= 11 is 5.87. The standard InChI is InChI=1S/C32H26ClN3O5/c1-2-40-29-19-23(11-17-28(29)41-30(37)18-12-22-7-4-3-5-8-22)21-34-36-32(39)25-9-6-10-27(20-25)35-31(38)24-13-15-26(33)16-14-24/h3-21H,2H2,1H3,(H,35,38)(H,36,39)/b18-12+,34-21?. The Bertz CT molecular complexity index is 1580. The van der Waals surface area contributed by atoms with Gasteiger partial charge in [-0.2, -0.15) is 5.10 Å². The van der Waals surface area contributed by atoms with Crippen molar-refractivity contribution in [3.05, 3.63) is 130 Å². The smallest absolute Gasteiger partial charge is 0.336 e. The summed E-state index contributed by atoms with van der Waals surface area (Å²) in [6, 6.07) is 27.3. The molecule has 0 aliphatic heterocycles. The molecule has 0 unspecified atom stereocenters. The highest BCUT2D eigenvalue weighted by Gasteiger charge is 2.11. The van der Waals surface area contributed by atoms with Crippen LogP contribution in [0.15, 0.2) is 108 Å². The monoisotopic (exact) mass is 567 g/mol. The van der Waals surface area contributed by atoms with Gasteiger partial charge in [0, 0.05) is 27.9 Å². The Morgan fingerprint density at radius 1 is 0.805 bits per heavy atom. The van der Waals surface area contributed by atoms with Crippen molar-refractivity contribution >= 4 is 47.4 Å². The number of benzene rings is 4. The van der Waals surface area contributed by atoms with Gasteiger partial charge in [0.1, 0.15) is 0 Å². The van der Waals surface area contributed by atoms with Crippen LogP contribution in [0.2, 0.25) is 5.02 Å². The molecule has 206 valence electrons. The quantitative estimate of drug-likeness (QED) is 0.0761. The lowest BCUT2D eigenvalue weighted by molar-refractivity contribution is -0.129. The van der Waals surface area contributed by atoms with Gasteiger partial charge in [0.15, 0.2) is 11.5 Å². The van der Waals surface area contributed by atoms with Crippen LogP contribution in [0.1, 0.15) is 38.8 Å². The number of carbonyl (C=O) groups excluding carboxylic acids is 3. The van der Waals surface area contributed by atoms with E-state index in [1.807, 2.05) is 37.3 Å². The molecule has 0 fully saturated rings. The first-order chi connectivity index (χ1) is 19.9. The summed E-state index contributed by atoms with van der Waals surface area (Å²) in [4.78, 5) is 37.4. The van der Waals surface area contributed by atoms with Gasteiger partial charge in [-0.25, -0.2) is 10.2 Å². The lowest BCUT2D eigenvalue weighted by Crippen LogP contribution is -2.18. The maximum Gasteiger partial charge on any atom is 0.336 e. The molecule has 0 spiro atoms. The minimum Gasteiger partial charge on any atom is -0.490 e. The van der Waals surface area contributed by atoms with E-state index in [-0.39, 0.29) is 11.7 Å². The summed E-state index contributed by atoms with van der Waals surface area (Å²) in [5.41, 5.74) is 5.13. The molecule has 9 heteroatoms. The fourth-order valence-electron chi connectivity index (χ4n) is 3.60. The van der Waals surface area contributed by atoms with E-state index < -0.39 is 11.9 Å². The zero-order valence-electron chi connectivity index (χ0n) is 22.0. The van der Waals surface area contributed by atoms with Gasteiger partial charge in [-0.05, 0) is 84.8 Å². The molecule has 41 heavy (non-hydrogen) atoms. The summed E-state index contributed by atoms with van der Waals surface area (Å²) in [5, 5.41) is 7.30. The second kappa shape index (κ2) is 14.3. The highest BCUT2D eigenvalue weighted by molar-refractivity contribution is 6.30. The number of hydrogen-bond acceptors (Lipinski definition) is 6. The maximum absolute atomic E-state index is 12.6. The van der Waals surface area contributed by atoms with E-state index in [4.69, 9.17) is 21.1 Å². The molecule has 0 saturated heterocycles. The second-order valence-electron chi connectivity index (χ2n) is 8.55. The Balaban J connectivity index is 1.36. The Labute approximate surface area is 242 Å². The number of halogens is 1. The van der Waals surface area contributed by atoms with E-state index in [1.54, 1.807) is 72.8 Å². The van der Waals surface area contributed by atoms with Crippen molar-refractivity contribution in [1.82, 2.24) is 5.43 Å². The van der Waals surface area contributed by atoms with Crippen molar-refractivity contribution in [2.75, 3.05) is 11.9 Å². The molecule has 2 N–H and O–H groups in total. The third-order valence-corrected chi connectivity index (χ3v) is 5.81. The first-order valence-corrected chi connectivity index (χ1v) is 13.0. The van der Waals surface area contributed by atoms with Crippen LogP contribution in [0.4, 0.5) is 5.69 Å². The first kappa shape index (κ1) is 28.8. The predicted octanol–water partition coefficient (Wildman–Crippen LogP) is 6.37. The highest BCUT2D eigenvalue weighted by atomic mass is 35.5. The van der Waals surface area contributed by atoms with E-state index >= 15 is 0 Å². The van der Waals surface area contributed by atoms with Gasteiger partial charge in [0.05, 0.1) is 12.8 Å². The SMILES string of the molecule is CCOc1cc(C=NNC(=O)c2cccc(NC(=O)c3ccc(Cl)cc3)c2)ccc1OC(=O)/C=C/c1ccccc1. The average Bonchev–Trinajstić information content (AvgIpc) is 2.98. The van der Waals surface area contributed by atoms with Crippen molar-refractivity contribution in [2.45, 2.75) is 6.92 Å². The molecule has 0 aromatic heterocycles. The van der Waals surface area contributed by atoms with Crippen LogP contribution in [0.25, 0.3) is 6.08 Å². The van der Waals surface area contributed by atoms with Gasteiger partial charge in [0.25, 0.3) is 11.8 Å². The van der Waals surface area contributed by atoms with Crippen LogP contribution < -0.4 is 20.2 Å². The molecule has 4 aromatic rings. The Morgan fingerprint density at radius 3 is 2.34 bits per heavy atom. The molecule has 0 atom stereocenters. The predicted molar refractivity (Wildman–Crippen MR) is 160 cm³/mol. The molecule has 4 rings (SSSR count). The summed E-state index contributed by atoms with van der Waals surface area (Å²) < 4.78 is 11.1. The van der Waals surface area contributed by atoms with Crippen LogP contribution in [0, 0.1) is 0 Å². The zero-order chi connectivity index (χ0) is 29.0. The molecule has 2 amide bonds. The van der Waals surface area contributed by atoms with Gasteiger partial charge >= 0.3 is 5.97 Å². The number of anilines is 1. The molecular formula is C32H26ClN3O5. The van der Waals surface area contributed by atoms with Gasteiger partial charge in [-0.3, -0.25) is 9.59 Å². The van der Waals surface area contributed by atoms with Gasteiger partial charge in [0.2, 0.25) is 0 Å². The maximum atomic E-state index is 12.6. The van der Waals surface area contributed by atoms with Crippen molar-refractivity contribution < 1.29 is 23.9 Å². The van der Waals surface area contributed by atoms with E-state index in [2.05, 4.69) is 15.8 Å². The molecule has 0 heterocycles. The van der Waals surface area contributed by atoms with Crippen molar-refractivity contribution in [1.29, 1.82) is 0 Å². The number of rotatable bonds is 10. The molecule has 0 aliphatic rings. The number of esters is 1. The fourth-order valence-corrected chi connectivity index (χ4v) is 3.73. The molecule has 0 bridgehead atoms. The third-order valence-electron chi connectivity index (χ3n) is 5.56. The van der Waals surface area contributed by atoms with Crippen LogP contribution >= 0.6 is 11.6 Å². The minimum atomic E-state index is -0.546. The minimum absolute atomic E-state index is 0.258. The van der Waals surface area contributed by atoms with E-state index in [0.29, 0.717) is 39.8 Å². The van der Waals surface area contributed by atoms with Crippen molar-refractivity contribution in [2.24, 2.45) is 5.10 Å². The number of carbonyl (C=O) groups is 3. The van der Waals surface area contributed by atoms with Crippen LogP contribution in [0.3, 0.4) is 0 Å². The normalized spacial score (nSPS) is 10.9. The van der Waals surface area contributed by atoms with Crippen LogP contribution in [0.5, 0.6) is 11.5 Å². The zero-order valence-corrected chi connectivity index (χ0v) is 22.8. The molecular weight excluding hydrogens is 542 g/mol. The molecule has 0 radical (unpaired) electrons. The number of hydrazone groups is 1. The van der Waals surface area contributed by atoms with Gasteiger partial charge < -0.3 is 14.8 Å². The lowest BCUT2D eigenvalue weighted by atomic mass is 10.1. The van der Waals surface area contributed by atoms with E-state index in [9.17, 15) is 14.4 Å². The Kier molecular flexibility index (Phi) is 10.0. The largest absolute Gasteiger partial charge is 0.490 e. The lowest BCUT2D eigenvalue weighted by Gasteiger charge is -2.10. The van der Waals surface area contributed by atoms with Gasteiger partial charge in [-0.1, -0.05) is 48.0 Å². The highest BCUT2D eigenvalue weighted by Crippen LogP contribution is 2.28. The van der Waals surface area contributed by atoms with Crippen molar-refractivity contribution in [3.63, 3.8) is 0 Å². The topological polar surface area (TPSA) is 106 Å². The number of nitrogens with zero attached hydrogens (tertiary/aromatic N) is 1. The summed E-state index contributed by atoms with van der Waals surface area (Å²) in [5.74, 6) is -0.732. The Hall–Kier alpha value is -5.21. The average molecular weight is 568 g/mol. The molecule has 8 nitrogen and oxygen atoms in total. The summed E-state index contributed by atoms with van der Waals surface area (Å²) in [6.45, 7) is 2.17. The van der Waals surface area contributed by atoms with E-state index in [1.165, 1.54) is 12.3 Å². The number of hydrogen-bond donors (Lipinski definition) is 2. The molecule has 4 aromatic carbocycles. The molecule has 0 saturated carbocycles. The van der Waals surface area contributed by atoms with E-state index in [0.717, 1.165) is 5.56 Å². The Morgan fingerprint density at radius 2 is 1.59 bits per heavy atom. The second-order valence-corrected chi connectivity index (χ2v) is 8.98. The fraction of sp³-hybridized carbons (Fsp3) is 0.0625. The summed E-state index contributed by atoms with van der Waals surface area (Å²) in [7, 11) is 0. The van der Waals surface area contributed by atoms with Crippen LogP contribution in [-0.4, -0.2) is 30.6 Å². The number of amides is 2. The molecule has 0 aliphatic carbocycles. The summed E-state index contributed by atoms with van der Waals surface area (Å²) in [6.07, 6.45) is 4.44. The van der Waals surface area contributed by atoms with Gasteiger partial charge in [-0.15, -0.1) is 0 Å². The number of ether oxygens (including phenoxy) is 2. The van der Waals surface area contributed by atoms with Crippen LogP contribution in [-0.2, 0) is 4.79 Å². The third kappa shape index (κ3) is 8.64.